The zero-order valence-electron chi connectivity index (χ0n) is 8.99. The summed E-state index contributed by atoms with van der Waals surface area (Å²) in [6.45, 7) is 4.54. The summed E-state index contributed by atoms with van der Waals surface area (Å²) >= 11 is 0. The summed E-state index contributed by atoms with van der Waals surface area (Å²) in [7, 11) is 0. The van der Waals surface area contributed by atoms with Crippen LogP contribution in [0.3, 0.4) is 0 Å². The third-order valence-electron chi connectivity index (χ3n) is 2.27. The molecule has 0 bridgehead atoms. The Hall–Kier alpha value is -1.48. The fourth-order valence-corrected chi connectivity index (χ4v) is 1.52. The smallest absolute Gasteiger partial charge is 0.134 e. The average Bonchev–Trinajstić information content (AvgIpc) is 2.61. The summed E-state index contributed by atoms with van der Waals surface area (Å²) in [6.07, 6.45) is 0. The van der Waals surface area contributed by atoms with Crippen molar-refractivity contribution < 1.29 is 9.15 Å². The first kappa shape index (κ1) is 10.1. The Labute approximate surface area is 88.8 Å². The van der Waals surface area contributed by atoms with Gasteiger partial charge in [0.15, 0.2) is 0 Å². The van der Waals surface area contributed by atoms with E-state index in [1.807, 2.05) is 38.1 Å². The predicted molar refractivity (Wildman–Crippen MR) is 60.0 cm³/mol. The zero-order valence-corrected chi connectivity index (χ0v) is 8.99. The molecule has 1 unspecified atom stereocenters. The average molecular weight is 205 g/mol. The monoisotopic (exact) mass is 205 g/mol. The van der Waals surface area contributed by atoms with Gasteiger partial charge in [-0.05, 0) is 38.1 Å². The minimum absolute atomic E-state index is 0.0760. The second-order valence-electron chi connectivity index (χ2n) is 3.57. The van der Waals surface area contributed by atoms with Crippen LogP contribution in [0.5, 0.6) is 5.75 Å². The van der Waals surface area contributed by atoms with Gasteiger partial charge in [0.05, 0.1) is 12.6 Å². The molecule has 1 aromatic carbocycles. The van der Waals surface area contributed by atoms with Crippen LogP contribution in [-0.4, -0.2) is 6.61 Å². The minimum Gasteiger partial charge on any atom is -0.494 e. The first-order chi connectivity index (χ1) is 7.20. The number of nitrogens with two attached hydrogens (primary N) is 1. The van der Waals surface area contributed by atoms with Gasteiger partial charge in [-0.1, -0.05) is 0 Å². The standard InChI is InChI=1S/C12H15NO2/c1-3-14-10-4-5-11-9(6-10)7-12(15-11)8(2)13/h4-8H,3,13H2,1-2H3. The number of furan rings is 1. The van der Waals surface area contributed by atoms with Crippen LogP contribution >= 0.6 is 0 Å². The van der Waals surface area contributed by atoms with Gasteiger partial charge in [-0.3, -0.25) is 0 Å². The molecule has 3 nitrogen and oxygen atoms in total. The lowest BCUT2D eigenvalue weighted by molar-refractivity contribution is 0.340. The molecule has 2 aromatic rings. The second kappa shape index (κ2) is 3.95. The van der Waals surface area contributed by atoms with Gasteiger partial charge < -0.3 is 14.9 Å². The van der Waals surface area contributed by atoms with Crippen LogP contribution < -0.4 is 10.5 Å². The van der Waals surface area contributed by atoms with Crippen LogP contribution in [0.4, 0.5) is 0 Å². The van der Waals surface area contributed by atoms with Crippen LogP contribution in [0.25, 0.3) is 11.0 Å². The topological polar surface area (TPSA) is 48.4 Å². The van der Waals surface area contributed by atoms with Crippen molar-refractivity contribution in [3.63, 3.8) is 0 Å². The van der Waals surface area contributed by atoms with Crippen molar-refractivity contribution in [2.45, 2.75) is 19.9 Å². The molecule has 0 aliphatic rings. The van der Waals surface area contributed by atoms with Gasteiger partial charge in [0, 0.05) is 5.39 Å². The molecular weight excluding hydrogens is 190 g/mol. The molecule has 0 saturated heterocycles. The maximum absolute atomic E-state index is 5.75. The summed E-state index contributed by atoms with van der Waals surface area (Å²) in [5, 5.41) is 1.04. The van der Waals surface area contributed by atoms with E-state index in [0.717, 1.165) is 22.5 Å². The lowest BCUT2D eigenvalue weighted by atomic mass is 10.2. The van der Waals surface area contributed by atoms with Gasteiger partial charge >= 0.3 is 0 Å². The van der Waals surface area contributed by atoms with E-state index in [1.54, 1.807) is 0 Å². The van der Waals surface area contributed by atoms with Crippen LogP contribution in [0.15, 0.2) is 28.7 Å². The van der Waals surface area contributed by atoms with E-state index >= 15 is 0 Å². The first-order valence-electron chi connectivity index (χ1n) is 5.12. The largest absolute Gasteiger partial charge is 0.494 e. The summed E-state index contributed by atoms with van der Waals surface area (Å²) < 4.78 is 11.0. The Morgan fingerprint density at radius 2 is 2.20 bits per heavy atom. The van der Waals surface area contributed by atoms with Gasteiger partial charge in [-0.2, -0.15) is 0 Å². The number of ether oxygens (including phenoxy) is 1. The van der Waals surface area contributed by atoms with Gasteiger partial charge in [0.25, 0.3) is 0 Å². The molecule has 2 N–H and O–H groups in total. The molecular formula is C12H15NO2. The van der Waals surface area contributed by atoms with E-state index in [2.05, 4.69) is 0 Å². The van der Waals surface area contributed by atoms with Crippen LogP contribution in [-0.2, 0) is 0 Å². The zero-order chi connectivity index (χ0) is 10.8. The summed E-state index contributed by atoms with van der Waals surface area (Å²) in [6, 6.07) is 7.66. The van der Waals surface area contributed by atoms with Crippen molar-refractivity contribution in [2.24, 2.45) is 5.73 Å². The van der Waals surface area contributed by atoms with Crippen molar-refractivity contribution in [3.05, 3.63) is 30.0 Å². The van der Waals surface area contributed by atoms with Gasteiger partial charge in [0.1, 0.15) is 17.1 Å². The SMILES string of the molecule is CCOc1ccc2oc(C(C)N)cc2c1. The highest BCUT2D eigenvalue weighted by atomic mass is 16.5. The third-order valence-corrected chi connectivity index (χ3v) is 2.27. The van der Waals surface area contributed by atoms with E-state index in [9.17, 15) is 0 Å². The van der Waals surface area contributed by atoms with E-state index in [1.165, 1.54) is 0 Å². The van der Waals surface area contributed by atoms with Crippen molar-refractivity contribution in [2.75, 3.05) is 6.61 Å². The molecule has 15 heavy (non-hydrogen) atoms. The normalized spacial score (nSPS) is 13.0. The molecule has 0 radical (unpaired) electrons. The Balaban J connectivity index is 2.43. The maximum atomic E-state index is 5.75. The summed E-state index contributed by atoms with van der Waals surface area (Å²) in [5.41, 5.74) is 6.60. The van der Waals surface area contributed by atoms with E-state index < -0.39 is 0 Å². The second-order valence-corrected chi connectivity index (χ2v) is 3.57. The molecule has 1 atom stereocenters. The number of fused-ring (bicyclic) bond motifs is 1. The van der Waals surface area contributed by atoms with Crippen molar-refractivity contribution in [1.29, 1.82) is 0 Å². The molecule has 0 aliphatic heterocycles. The number of hydrogen-bond donors (Lipinski definition) is 1. The van der Waals surface area contributed by atoms with E-state index in [4.69, 9.17) is 14.9 Å². The third kappa shape index (κ3) is 1.97. The first-order valence-corrected chi connectivity index (χ1v) is 5.12. The molecule has 1 aromatic heterocycles. The highest BCUT2D eigenvalue weighted by molar-refractivity contribution is 5.79. The fraction of sp³-hybridized carbons (Fsp3) is 0.333. The Morgan fingerprint density at radius 1 is 1.40 bits per heavy atom. The lowest BCUT2D eigenvalue weighted by Gasteiger charge is -2.00. The van der Waals surface area contributed by atoms with Crippen LogP contribution in [0.2, 0.25) is 0 Å². The Kier molecular flexibility index (Phi) is 2.64. The van der Waals surface area contributed by atoms with E-state index in [0.29, 0.717) is 6.61 Å². The molecule has 80 valence electrons. The molecule has 0 fully saturated rings. The highest BCUT2D eigenvalue weighted by Gasteiger charge is 2.07. The minimum atomic E-state index is -0.0760. The number of hydrogen-bond acceptors (Lipinski definition) is 3. The molecule has 1 heterocycles. The molecule has 0 amide bonds. The quantitative estimate of drug-likeness (QED) is 0.838. The van der Waals surface area contributed by atoms with Crippen LogP contribution in [0.1, 0.15) is 25.6 Å². The highest BCUT2D eigenvalue weighted by Crippen LogP contribution is 2.26. The van der Waals surface area contributed by atoms with Crippen molar-refractivity contribution in [3.8, 4) is 5.75 Å². The molecule has 0 aliphatic carbocycles. The van der Waals surface area contributed by atoms with Crippen LogP contribution in [0, 0.1) is 0 Å². The lowest BCUT2D eigenvalue weighted by Crippen LogP contribution is -2.02. The van der Waals surface area contributed by atoms with Crippen molar-refractivity contribution in [1.82, 2.24) is 0 Å². The van der Waals surface area contributed by atoms with E-state index in [-0.39, 0.29) is 6.04 Å². The Bertz CT molecular complexity index is 460. The van der Waals surface area contributed by atoms with Gasteiger partial charge in [-0.15, -0.1) is 0 Å². The maximum Gasteiger partial charge on any atom is 0.134 e. The van der Waals surface area contributed by atoms with Gasteiger partial charge in [-0.25, -0.2) is 0 Å². The number of benzene rings is 1. The summed E-state index contributed by atoms with van der Waals surface area (Å²) in [5.74, 6) is 1.67. The Morgan fingerprint density at radius 3 is 2.87 bits per heavy atom. The molecule has 0 saturated carbocycles. The summed E-state index contributed by atoms with van der Waals surface area (Å²) in [4.78, 5) is 0. The fourth-order valence-electron chi connectivity index (χ4n) is 1.52. The van der Waals surface area contributed by atoms with Gasteiger partial charge in [0.2, 0.25) is 0 Å². The number of rotatable bonds is 3. The van der Waals surface area contributed by atoms with Crippen molar-refractivity contribution >= 4 is 11.0 Å². The molecule has 0 spiro atoms. The molecule has 3 heteroatoms. The molecule has 2 rings (SSSR count). The predicted octanol–water partition coefficient (Wildman–Crippen LogP) is 2.85.